The van der Waals surface area contributed by atoms with Crippen molar-refractivity contribution < 1.29 is 12.8 Å². The summed E-state index contributed by atoms with van der Waals surface area (Å²) in [4.78, 5) is 3.93. The first-order chi connectivity index (χ1) is 9.05. The first kappa shape index (κ1) is 13.8. The molecule has 19 heavy (non-hydrogen) atoms. The van der Waals surface area contributed by atoms with Crippen LogP contribution in [0.3, 0.4) is 0 Å². The number of aromatic nitrogens is 1. The van der Waals surface area contributed by atoms with Gasteiger partial charge in [0.15, 0.2) is 6.39 Å². The Hall–Kier alpha value is -1.66. The number of rotatable bonds is 6. The van der Waals surface area contributed by atoms with Gasteiger partial charge in [-0.25, -0.2) is 18.1 Å². The van der Waals surface area contributed by atoms with E-state index >= 15 is 0 Å². The molecule has 0 radical (unpaired) electrons. The summed E-state index contributed by atoms with van der Waals surface area (Å²) in [6.45, 7) is 2.26. The van der Waals surface area contributed by atoms with Crippen molar-refractivity contribution in [2.45, 2.75) is 19.1 Å². The molecule has 0 bridgehead atoms. The predicted molar refractivity (Wildman–Crippen MR) is 72.0 cm³/mol. The van der Waals surface area contributed by atoms with Crippen LogP contribution in [0, 0.1) is 6.92 Å². The molecule has 0 atom stereocenters. The Morgan fingerprint density at radius 1 is 1.37 bits per heavy atom. The van der Waals surface area contributed by atoms with Crippen molar-refractivity contribution >= 4 is 10.0 Å². The van der Waals surface area contributed by atoms with Crippen LogP contribution >= 0.6 is 0 Å². The fraction of sp³-hybridized carbons (Fsp3) is 0.308. The van der Waals surface area contributed by atoms with Crippen molar-refractivity contribution in [1.29, 1.82) is 0 Å². The van der Waals surface area contributed by atoms with Crippen LogP contribution < -0.4 is 4.72 Å². The lowest BCUT2D eigenvalue weighted by Crippen LogP contribution is -2.27. The van der Waals surface area contributed by atoms with E-state index in [4.69, 9.17) is 4.42 Å². The number of benzene rings is 1. The molecule has 0 aliphatic heterocycles. The van der Waals surface area contributed by atoms with Crippen LogP contribution in [0.5, 0.6) is 0 Å². The lowest BCUT2D eigenvalue weighted by molar-refractivity contribution is 0.555. The van der Waals surface area contributed by atoms with Crippen LogP contribution in [0.25, 0.3) is 0 Å². The Balaban J connectivity index is 1.88. The van der Waals surface area contributed by atoms with Crippen molar-refractivity contribution in [3.63, 3.8) is 0 Å². The van der Waals surface area contributed by atoms with E-state index in [9.17, 15) is 8.42 Å². The average Bonchev–Trinajstić information content (AvgIpc) is 2.81. The summed E-state index contributed by atoms with van der Waals surface area (Å²) in [6.07, 6.45) is 3.36. The summed E-state index contributed by atoms with van der Waals surface area (Å²) in [7, 11) is -3.31. The summed E-state index contributed by atoms with van der Waals surface area (Å²) < 4.78 is 31.1. The molecule has 1 aromatic carbocycles. The molecule has 0 amide bonds. The zero-order valence-corrected chi connectivity index (χ0v) is 11.5. The molecule has 0 unspecified atom stereocenters. The zero-order chi connectivity index (χ0) is 13.7. The molecular weight excluding hydrogens is 264 g/mol. The maximum absolute atomic E-state index is 11.9. The van der Waals surface area contributed by atoms with E-state index in [2.05, 4.69) is 9.71 Å². The van der Waals surface area contributed by atoms with Gasteiger partial charge in [0.1, 0.15) is 6.26 Å². The minimum absolute atomic E-state index is 0.00645. The topological polar surface area (TPSA) is 72.2 Å². The summed E-state index contributed by atoms with van der Waals surface area (Å²) in [5.41, 5.74) is 2.57. The second-order valence-corrected chi connectivity index (χ2v) is 6.18. The molecule has 0 fully saturated rings. The monoisotopic (exact) mass is 280 g/mol. The minimum atomic E-state index is -3.31. The van der Waals surface area contributed by atoms with Crippen LogP contribution in [0.2, 0.25) is 0 Å². The highest BCUT2D eigenvalue weighted by Gasteiger charge is 2.11. The Kier molecular flexibility index (Phi) is 4.34. The Morgan fingerprint density at radius 3 is 2.89 bits per heavy atom. The summed E-state index contributed by atoms with van der Waals surface area (Å²) in [5, 5.41) is 0. The van der Waals surface area contributed by atoms with Gasteiger partial charge < -0.3 is 4.42 Å². The molecule has 0 saturated carbocycles. The van der Waals surface area contributed by atoms with Crippen molar-refractivity contribution in [2.75, 3.05) is 6.54 Å². The van der Waals surface area contributed by atoms with E-state index in [1.807, 2.05) is 31.2 Å². The lowest BCUT2D eigenvalue weighted by Gasteiger charge is -2.06. The fourth-order valence-corrected chi connectivity index (χ4v) is 2.90. The molecule has 2 aromatic rings. The predicted octanol–water partition coefficient (Wildman–Crippen LogP) is 1.65. The minimum Gasteiger partial charge on any atom is -0.451 e. The first-order valence-electron chi connectivity index (χ1n) is 5.95. The largest absolute Gasteiger partial charge is 0.451 e. The summed E-state index contributed by atoms with van der Waals surface area (Å²) in [5.74, 6) is -0.00645. The van der Waals surface area contributed by atoms with E-state index in [0.717, 1.165) is 16.8 Å². The highest BCUT2D eigenvalue weighted by Crippen LogP contribution is 2.07. The van der Waals surface area contributed by atoms with Crippen LogP contribution in [-0.2, 0) is 22.2 Å². The highest BCUT2D eigenvalue weighted by molar-refractivity contribution is 7.88. The van der Waals surface area contributed by atoms with Gasteiger partial charge in [0.05, 0.1) is 11.4 Å². The van der Waals surface area contributed by atoms with Gasteiger partial charge in [0.25, 0.3) is 0 Å². The zero-order valence-electron chi connectivity index (χ0n) is 10.7. The second-order valence-electron chi connectivity index (χ2n) is 4.37. The van der Waals surface area contributed by atoms with Gasteiger partial charge in [-0.1, -0.05) is 29.8 Å². The van der Waals surface area contributed by atoms with Gasteiger partial charge in [-0.3, -0.25) is 0 Å². The van der Waals surface area contributed by atoms with E-state index in [1.54, 1.807) is 0 Å². The van der Waals surface area contributed by atoms with E-state index < -0.39 is 10.0 Å². The molecule has 0 aliphatic rings. The van der Waals surface area contributed by atoms with Crippen molar-refractivity contribution in [3.05, 3.63) is 53.7 Å². The molecule has 1 aromatic heterocycles. The van der Waals surface area contributed by atoms with Crippen LogP contribution in [0.15, 0.2) is 41.3 Å². The second kappa shape index (κ2) is 5.99. The summed E-state index contributed by atoms with van der Waals surface area (Å²) >= 11 is 0. The van der Waals surface area contributed by atoms with E-state index in [-0.39, 0.29) is 5.75 Å². The number of hydrogen-bond acceptors (Lipinski definition) is 4. The molecule has 1 heterocycles. The van der Waals surface area contributed by atoms with Gasteiger partial charge >= 0.3 is 0 Å². The quantitative estimate of drug-likeness (QED) is 0.873. The van der Waals surface area contributed by atoms with Crippen molar-refractivity contribution in [1.82, 2.24) is 9.71 Å². The fourth-order valence-electron chi connectivity index (χ4n) is 1.77. The van der Waals surface area contributed by atoms with Gasteiger partial charge in [-0.15, -0.1) is 0 Å². The normalized spacial score (nSPS) is 11.6. The molecule has 1 N–H and O–H groups in total. The third kappa shape index (κ3) is 4.50. The molecule has 5 nitrogen and oxygen atoms in total. The van der Waals surface area contributed by atoms with Crippen LogP contribution in [0.4, 0.5) is 0 Å². The lowest BCUT2D eigenvalue weighted by atomic mass is 10.2. The van der Waals surface area contributed by atoms with Gasteiger partial charge in [0, 0.05) is 13.0 Å². The van der Waals surface area contributed by atoms with Crippen molar-refractivity contribution in [2.24, 2.45) is 0 Å². The average molecular weight is 280 g/mol. The molecule has 6 heteroatoms. The number of nitrogens with zero attached hydrogens (tertiary/aromatic N) is 1. The third-order valence-electron chi connectivity index (χ3n) is 2.63. The van der Waals surface area contributed by atoms with Crippen LogP contribution in [-0.4, -0.2) is 19.9 Å². The first-order valence-corrected chi connectivity index (χ1v) is 7.60. The summed E-state index contributed by atoms with van der Waals surface area (Å²) in [6, 6.07) is 7.48. The SMILES string of the molecule is Cc1cccc(CS(=O)(=O)NCCc2cocn2)c1. The molecular formula is C13H16N2O3S. The highest BCUT2D eigenvalue weighted by atomic mass is 32.2. The number of nitrogens with one attached hydrogen (secondary N) is 1. The Bertz CT molecular complexity index is 621. The standard InChI is InChI=1S/C13H16N2O3S/c1-11-3-2-4-12(7-11)9-19(16,17)15-6-5-13-8-18-10-14-13/h2-4,7-8,10,15H,5-6,9H2,1H3. The number of aryl methyl sites for hydroxylation is 1. The molecule has 0 spiro atoms. The Morgan fingerprint density at radius 2 is 2.21 bits per heavy atom. The maximum Gasteiger partial charge on any atom is 0.215 e. The smallest absolute Gasteiger partial charge is 0.215 e. The third-order valence-corrected chi connectivity index (χ3v) is 3.98. The van der Waals surface area contributed by atoms with E-state index in [1.165, 1.54) is 12.7 Å². The molecule has 0 saturated heterocycles. The van der Waals surface area contributed by atoms with Crippen molar-refractivity contribution in [3.8, 4) is 0 Å². The molecule has 102 valence electrons. The maximum atomic E-state index is 11.9. The van der Waals surface area contributed by atoms with Gasteiger partial charge in [0.2, 0.25) is 10.0 Å². The van der Waals surface area contributed by atoms with Gasteiger partial charge in [-0.2, -0.15) is 0 Å². The number of sulfonamides is 1. The number of oxazole rings is 1. The molecule has 2 rings (SSSR count). The van der Waals surface area contributed by atoms with Crippen LogP contribution in [0.1, 0.15) is 16.8 Å². The Labute approximate surface area is 112 Å². The van der Waals surface area contributed by atoms with E-state index in [0.29, 0.717) is 13.0 Å². The molecule has 0 aliphatic carbocycles. The van der Waals surface area contributed by atoms with Gasteiger partial charge in [-0.05, 0) is 12.5 Å². The number of hydrogen-bond donors (Lipinski definition) is 1.